The number of nitrogens with one attached hydrogen (secondary N) is 1. The minimum atomic E-state index is -0.431. The second-order valence-corrected chi connectivity index (χ2v) is 5.14. The summed E-state index contributed by atoms with van der Waals surface area (Å²) in [7, 11) is 0. The third kappa shape index (κ3) is 4.15. The lowest BCUT2D eigenvalue weighted by Crippen LogP contribution is -2.34. The largest absolute Gasteiger partial charge is 0.352 e. The maximum absolute atomic E-state index is 12.1. The lowest BCUT2D eigenvalue weighted by molar-refractivity contribution is -0.385. The number of nitro benzene ring substituents is 1. The standard InChI is InChI=1S/C14H19N3O3.ClH/c15-8-10-5-3-6-12(10)14(18)16-9-11-4-1-2-7-13(11)17(19)20;/h1-2,4,7,10,12H,3,5-6,8-9,15H2,(H,16,18);1H/t10-,12-;/m1./s1. The number of carbonyl (C=O) groups excluding carboxylic acids is 1. The molecule has 0 aromatic heterocycles. The van der Waals surface area contributed by atoms with Crippen LogP contribution < -0.4 is 11.1 Å². The van der Waals surface area contributed by atoms with Crippen molar-refractivity contribution in [2.45, 2.75) is 25.8 Å². The van der Waals surface area contributed by atoms with Crippen LogP contribution in [0.25, 0.3) is 0 Å². The summed E-state index contributed by atoms with van der Waals surface area (Å²) in [6.45, 7) is 0.702. The van der Waals surface area contributed by atoms with Gasteiger partial charge in [0.2, 0.25) is 5.91 Å². The Morgan fingerprint density at radius 3 is 2.76 bits per heavy atom. The molecule has 7 heteroatoms. The summed E-state index contributed by atoms with van der Waals surface area (Å²) in [4.78, 5) is 22.6. The van der Waals surface area contributed by atoms with Crippen LogP contribution >= 0.6 is 12.4 Å². The fourth-order valence-electron chi connectivity index (χ4n) is 2.82. The molecule has 0 aliphatic heterocycles. The van der Waals surface area contributed by atoms with Gasteiger partial charge in [-0.15, -0.1) is 12.4 Å². The Morgan fingerprint density at radius 2 is 2.10 bits per heavy atom. The van der Waals surface area contributed by atoms with Crippen LogP contribution in [0.3, 0.4) is 0 Å². The number of carbonyl (C=O) groups is 1. The molecule has 1 aromatic rings. The van der Waals surface area contributed by atoms with Crippen LogP contribution in [-0.2, 0) is 11.3 Å². The molecule has 21 heavy (non-hydrogen) atoms. The third-order valence-corrected chi connectivity index (χ3v) is 3.94. The molecule has 116 valence electrons. The molecule has 0 spiro atoms. The van der Waals surface area contributed by atoms with E-state index in [1.165, 1.54) is 6.07 Å². The van der Waals surface area contributed by atoms with E-state index in [0.717, 1.165) is 19.3 Å². The fraction of sp³-hybridized carbons (Fsp3) is 0.500. The van der Waals surface area contributed by atoms with Crippen LogP contribution in [0, 0.1) is 22.0 Å². The fourth-order valence-corrected chi connectivity index (χ4v) is 2.82. The quantitative estimate of drug-likeness (QED) is 0.641. The SMILES string of the molecule is Cl.NC[C@H]1CCC[C@H]1C(=O)NCc1ccccc1[N+](=O)[O-]. The average molecular weight is 314 g/mol. The van der Waals surface area contributed by atoms with Gasteiger partial charge in [0, 0.05) is 24.1 Å². The zero-order valence-corrected chi connectivity index (χ0v) is 12.5. The molecule has 1 aromatic carbocycles. The first-order valence-electron chi connectivity index (χ1n) is 6.83. The number of para-hydroxylation sites is 1. The Balaban J connectivity index is 0.00000220. The Morgan fingerprint density at radius 1 is 1.38 bits per heavy atom. The van der Waals surface area contributed by atoms with Crippen LogP contribution in [0.1, 0.15) is 24.8 Å². The smallest absolute Gasteiger partial charge is 0.274 e. The molecule has 0 saturated heterocycles. The molecule has 1 saturated carbocycles. The second kappa shape index (κ2) is 7.95. The maximum atomic E-state index is 12.1. The summed E-state index contributed by atoms with van der Waals surface area (Å²) in [5.41, 5.74) is 6.22. The van der Waals surface area contributed by atoms with Crippen molar-refractivity contribution in [2.75, 3.05) is 6.54 Å². The van der Waals surface area contributed by atoms with Crippen LogP contribution in [0.15, 0.2) is 24.3 Å². The zero-order chi connectivity index (χ0) is 14.5. The molecular weight excluding hydrogens is 294 g/mol. The van der Waals surface area contributed by atoms with Crippen LogP contribution in [-0.4, -0.2) is 17.4 Å². The molecule has 6 nitrogen and oxygen atoms in total. The first kappa shape index (κ1) is 17.4. The van der Waals surface area contributed by atoms with Crippen LogP contribution in [0.2, 0.25) is 0 Å². The molecular formula is C14H20ClN3O3. The Kier molecular flexibility index (Phi) is 6.58. The molecule has 0 unspecified atom stereocenters. The number of nitro groups is 1. The predicted octanol–water partition coefficient (Wildman–Crippen LogP) is 2.01. The lowest BCUT2D eigenvalue weighted by Gasteiger charge is -2.17. The summed E-state index contributed by atoms with van der Waals surface area (Å²) in [6, 6.07) is 6.45. The second-order valence-electron chi connectivity index (χ2n) is 5.14. The summed E-state index contributed by atoms with van der Waals surface area (Å²) in [6.07, 6.45) is 2.86. The molecule has 0 heterocycles. The van der Waals surface area contributed by atoms with E-state index >= 15 is 0 Å². The predicted molar refractivity (Wildman–Crippen MR) is 82.1 cm³/mol. The average Bonchev–Trinajstić information content (AvgIpc) is 2.93. The van der Waals surface area contributed by atoms with Crippen molar-refractivity contribution in [3.05, 3.63) is 39.9 Å². The van der Waals surface area contributed by atoms with E-state index in [-0.39, 0.29) is 42.4 Å². The molecule has 1 fully saturated rings. The number of nitrogens with two attached hydrogens (primary N) is 1. The number of rotatable bonds is 5. The van der Waals surface area contributed by atoms with Gasteiger partial charge < -0.3 is 11.1 Å². The van der Waals surface area contributed by atoms with E-state index in [2.05, 4.69) is 5.32 Å². The minimum absolute atomic E-state index is 0. The van der Waals surface area contributed by atoms with E-state index in [1.54, 1.807) is 18.2 Å². The number of hydrogen-bond acceptors (Lipinski definition) is 4. The summed E-state index contributed by atoms with van der Waals surface area (Å²) in [5.74, 6) is 0.139. The van der Waals surface area contributed by atoms with E-state index in [4.69, 9.17) is 5.73 Å². The lowest BCUT2D eigenvalue weighted by atomic mass is 9.95. The first-order chi connectivity index (χ1) is 9.63. The van der Waals surface area contributed by atoms with E-state index < -0.39 is 4.92 Å². The van der Waals surface area contributed by atoms with Crippen LogP contribution in [0.5, 0.6) is 0 Å². The van der Waals surface area contributed by atoms with Gasteiger partial charge in [-0.25, -0.2) is 0 Å². The van der Waals surface area contributed by atoms with Gasteiger partial charge in [0.15, 0.2) is 0 Å². The van der Waals surface area contributed by atoms with E-state index in [0.29, 0.717) is 12.1 Å². The van der Waals surface area contributed by atoms with Crippen molar-refractivity contribution >= 4 is 24.0 Å². The first-order valence-corrected chi connectivity index (χ1v) is 6.83. The highest BCUT2D eigenvalue weighted by Crippen LogP contribution is 2.31. The van der Waals surface area contributed by atoms with Crippen molar-refractivity contribution in [3.8, 4) is 0 Å². The Labute approximate surface area is 129 Å². The molecule has 1 aliphatic carbocycles. The molecule has 3 N–H and O–H groups in total. The Bertz CT molecular complexity index is 510. The topological polar surface area (TPSA) is 98.3 Å². The number of halogens is 1. The monoisotopic (exact) mass is 313 g/mol. The summed E-state index contributed by atoms with van der Waals surface area (Å²) in [5, 5.41) is 13.7. The van der Waals surface area contributed by atoms with Crippen molar-refractivity contribution in [1.82, 2.24) is 5.32 Å². The molecule has 1 aliphatic rings. The Hall–Kier alpha value is -1.66. The summed E-state index contributed by atoms with van der Waals surface area (Å²) >= 11 is 0. The number of benzene rings is 1. The number of hydrogen-bond donors (Lipinski definition) is 2. The molecule has 2 rings (SSSR count). The van der Waals surface area contributed by atoms with Crippen molar-refractivity contribution in [1.29, 1.82) is 0 Å². The zero-order valence-electron chi connectivity index (χ0n) is 11.7. The van der Waals surface area contributed by atoms with Gasteiger partial charge in [-0.05, 0) is 25.3 Å². The summed E-state index contributed by atoms with van der Waals surface area (Å²) < 4.78 is 0. The minimum Gasteiger partial charge on any atom is -0.352 e. The van der Waals surface area contributed by atoms with E-state index in [9.17, 15) is 14.9 Å². The van der Waals surface area contributed by atoms with Gasteiger partial charge in [-0.1, -0.05) is 24.6 Å². The molecule has 2 atom stereocenters. The van der Waals surface area contributed by atoms with Gasteiger partial charge in [-0.3, -0.25) is 14.9 Å². The highest BCUT2D eigenvalue weighted by molar-refractivity contribution is 5.85. The number of amides is 1. The normalized spacial score (nSPS) is 20.6. The third-order valence-electron chi connectivity index (χ3n) is 3.94. The molecule has 0 bridgehead atoms. The van der Waals surface area contributed by atoms with Gasteiger partial charge >= 0.3 is 0 Å². The van der Waals surface area contributed by atoms with Crippen molar-refractivity contribution < 1.29 is 9.72 Å². The highest BCUT2D eigenvalue weighted by Gasteiger charge is 2.31. The van der Waals surface area contributed by atoms with Crippen molar-refractivity contribution in [3.63, 3.8) is 0 Å². The van der Waals surface area contributed by atoms with Crippen LogP contribution in [0.4, 0.5) is 5.69 Å². The number of nitrogens with zero attached hydrogens (tertiary/aromatic N) is 1. The maximum Gasteiger partial charge on any atom is 0.274 e. The van der Waals surface area contributed by atoms with Gasteiger partial charge in [0.05, 0.1) is 4.92 Å². The van der Waals surface area contributed by atoms with Gasteiger partial charge in [0.1, 0.15) is 0 Å². The highest BCUT2D eigenvalue weighted by atomic mass is 35.5. The van der Waals surface area contributed by atoms with E-state index in [1.807, 2.05) is 0 Å². The van der Waals surface area contributed by atoms with Crippen molar-refractivity contribution in [2.24, 2.45) is 17.6 Å². The van der Waals surface area contributed by atoms with Gasteiger partial charge in [-0.2, -0.15) is 0 Å². The molecule has 0 radical (unpaired) electrons. The van der Waals surface area contributed by atoms with Gasteiger partial charge in [0.25, 0.3) is 5.69 Å². The molecule has 1 amide bonds.